The number of fused-ring (bicyclic) bond motifs is 5. The van der Waals surface area contributed by atoms with Crippen LogP contribution in [0, 0.1) is 46.3 Å². The first-order valence-corrected chi connectivity index (χ1v) is 16.4. The van der Waals surface area contributed by atoms with Gasteiger partial charge < -0.3 is 4.74 Å². The first-order valence-electron chi connectivity index (χ1n) is 15.6. The highest BCUT2D eigenvalue weighted by Crippen LogP contribution is 2.67. The smallest absolute Gasteiger partial charge is 0.411 e. The molecule has 5 rings (SSSR count). The normalized spacial score (nSPS) is 36.4. The molecule has 1 amide bonds. The highest BCUT2D eigenvalue weighted by atomic mass is 35.5. The van der Waals surface area contributed by atoms with Gasteiger partial charge in [-0.15, -0.1) is 0 Å². The van der Waals surface area contributed by atoms with E-state index in [1.54, 1.807) is 23.8 Å². The standard InChI is InChI=1S/C34H49Cl2NO2/c1-21(2)7-6-8-22(3)27-12-13-28-26-11-9-23-19-25(15-17-33(23,4)29(26)16-18-34(27,28)5)39-32(38)37-24-10-14-30(35)31(36)20-24/h9-10,14,20-22,25-29H,6-8,11-13,15-19H2,1-5H3,(H,37,38)/t22-,25-,26-,27-,28+,29+,33-,34+/m0/s1. The molecular weight excluding hydrogens is 525 g/mol. The Morgan fingerprint density at radius 2 is 1.82 bits per heavy atom. The molecule has 1 N–H and O–H groups in total. The minimum atomic E-state index is -0.413. The van der Waals surface area contributed by atoms with Crippen molar-refractivity contribution < 1.29 is 9.53 Å². The zero-order chi connectivity index (χ0) is 27.9. The molecule has 216 valence electrons. The summed E-state index contributed by atoms with van der Waals surface area (Å²) in [6, 6.07) is 5.09. The largest absolute Gasteiger partial charge is 0.446 e. The van der Waals surface area contributed by atoms with Gasteiger partial charge in [0.2, 0.25) is 0 Å². The quantitative estimate of drug-likeness (QED) is 0.329. The van der Waals surface area contributed by atoms with Gasteiger partial charge in [0.1, 0.15) is 6.10 Å². The lowest BCUT2D eigenvalue weighted by Crippen LogP contribution is -2.51. The SMILES string of the molecule is CC(C)CCC[C@H](C)[C@@H]1CC[C@@H]2[C@@H]3CC=C4C[C@@H](OC(=O)Nc5ccc(Cl)c(Cl)c5)CC[C@]4(C)[C@@H]3CC[C@@]21C. The fourth-order valence-electron chi connectivity index (χ4n) is 9.63. The molecular formula is C34H49Cl2NO2. The lowest BCUT2D eigenvalue weighted by Gasteiger charge is -2.58. The third-order valence-electron chi connectivity index (χ3n) is 11.7. The van der Waals surface area contributed by atoms with E-state index in [2.05, 4.69) is 46.0 Å². The Bertz CT molecular complexity index is 1080. The third kappa shape index (κ3) is 5.78. The van der Waals surface area contributed by atoms with Crippen molar-refractivity contribution in [1.29, 1.82) is 0 Å². The number of allylic oxidation sites excluding steroid dienone is 1. The Balaban J connectivity index is 1.21. The molecule has 0 spiro atoms. The molecule has 0 unspecified atom stereocenters. The Labute approximate surface area is 246 Å². The maximum Gasteiger partial charge on any atom is 0.411 e. The van der Waals surface area contributed by atoms with Gasteiger partial charge >= 0.3 is 6.09 Å². The van der Waals surface area contributed by atoms with E-state index in [0.717, 1.165) is 54.8 Å². The zero-order valence-electron chi connectivity index (χ0n) is 24.7. The number of benzene rings is 1. The van der Waals surface area contributed by atoms with Crippen molar-refractivity contribution in [3.8, 4) is 0 Å². The molecule has 4 aliphatic carbocycles. The van der Waals surface area contributed by atoms with Crippen LogP contribution in [-0.4, -0.2) is 12.2 Å². The molecule has 5 heteroatoms. The van der Waals surface area contributed by atoms with E-state index < -0.39 is 6.09 Å². The number of halogens is 2. The van der Waals surface area contributed by atoms with Crippen LogP contribution in [0.4, 0.5) is 10.5 Å². The van der Waals surface area contributed by atoms with Gasteiger partial charge in [0, 0.05) is 12.1 Å². The van der Waals surface area contributed by atoms with Crippen LogP contribution in [0.25, 0.3) is 0 Å². The highest BCUT2D eigenvalue weighted by molar-refractivity contribution is 6.42. The number of carbonyl (C=O) groups is 1. The summed E-state index contributed by atoms with van der Waals surface area (Å²) in [5.74, 6) is 5.03. The van der Waals surface area contributed by atoms with Gasteiger partial charge in [-0.3, -0.25) is 5.32 Å². The summed E-state index contributed by atoms with van der Waals surface area (Å²) in [6.45, 7) is 12.5. The predicted molar refractivity (Wildman–Crippen MR) is 163 cm³/mol. The number of ether oxygens (including phenoxy) is 1. The van der Waals surface area contributed by atoms with Gasteiger partial charge in [-0.2, -0.15) is 0 Å². The molecule has 3 nitrogen and oxygen atoms in total. The highest BCUT2D eigenvalue weighted by Gasteiger charge is 2.59. The van der Waals surface area contributed by atoms with Crippen LogP contribution in [0.15, 0.2) is 29.8 Å². The molecule has 3 saturated carbocycles. The van der Waals surface area contributed by atoms with Crippen LogP contribution in [0.2, 0.25) is 10.0 Å². The second-order valence-electron chi connectivity index (χ2n) is 14.3. The van der Waals surface area contributed by atoms with Crippen LogP contribution in [-0.2, 0) is 4.74 Å². The molecule has 1 aromatic carbocycles. The van der Waals surface area contributed by atoms with Gasteiger partial charge in [0.05, 0.1) is 10.0 Å². The van der Waals surface area contributed by atoms with Crippen LogP contribution in [0.3, 0.4) is 0 Å². The lowest BCUT2D eigenvalue weighted by atomic mass is 9.47. The minimum absolute atomic E-state index is 0.0694. The summed E-state index contributed by atoms with van der Waals surface area (Å²) in [7, 11) is 0. The number of rotatable bonds is 7. The summed E-state index contributed by atoms with van der Waals surface area (Å²) in [5, 5.41) is 3.71. The van der Waals surface area contributed by atoms with E-state index in [1.165, 1.54) is 51.4 Å². The number of carbonyl (C=O) groups excluding carboxylic acids is 1. The van der Waals surface area contributed by atoms with Crippen molar-refractivity contribution in [2.24, 2.45) is 46.3 Å². The average molecular weight is 575 g/mol. The van der Waals surface area contributed by atoms with Gasteiger partial charge in [0.25, 0.3) is 0 Å². The van der Waals surface area contributed by atoms with E-state index in [1.807, 2.05) is 0 Å². The van der Waals surface area contributed by atoms with Crippen LogP contribution >= 0.6 is 23.2 Å². The summed E-state index contributed by atoms with van der Waals surface area (Å²) < 4.78 is 5.90. The van der Waals surface area contributed by atoms with Crippen molar-refractivity contribution in [3.05, 3.63) is 39.9 Å². The molecule has 0 bridgehead atoms. The molecule has 3 fully saturated rings. The average Bonchev–Trinajstić information content (AvgIpc) is 3.23. The molecule has 4 aliphatic rings. The summed E-state index contributed by atoms with van der Waals surface area (Å²) in [6.07, 6.45) is 16.0. The Kier molecular flexibility index (Phi) is 8.71. The van der Waals surface area contributed by atoms with Crippen LogP contribution in [0.5, 0.6) is 0 Å². The van der Waals surface area contributed by atoms with Crippen molar-refractivity contribution >= 4 is 35.0 Å². The number of anilines is 1. The summed E-state index contributed by atoms with van der Waals surface area (Å²) in [4.78, 5) is 12.7. The number of amides is 1. The van der Waals surface area contributed by atoms with Crippen molar-refractivity contribution in [3.63, 3.8) is 0 Å². The number of nitrogens with one attached hydrogen (secondary N) is 1. The van der Waals surface area contributed by atoms with E-state index in [4.69, 9.17) is 27.9 Å². The zero-order valence-corrected chi connectivity index (χ0v) is 26.2. The Morgan fingerprint density at radius 1 is 1.03 bits per heavy atom. The van der Waals surface area contributed by atoms with Crippen LogP contribution < -0.4 is 5.32 Å². The molecule has 8 atom stereocenters. The fourth-order valence-corrected chi connectivity index (χ4v) is 9.92. The second-order valence-corrected chi connectivity index (χ2v) is 15.1. The number of hydrogen-bond donors (Lipinski definition) is 1. The van der Waals surface area contributed by atoms with E-state index in [0.29, 0.717) is 21.1 Å². The maximum atomic E-state index is 12.7. The third-order valence-corrected chi connectivity index (χ3v) is 12.4. The van der Waals surface area contributed by atoms with Gasteiger partial charge in [-0.05, 0) is 109 Å². The van der Waals surface area contributed by atoms with E-state index in [-0.39, 0.29) is 11.5 Å². The predicted octanol–water partition coefficient (Wildman–Crippen LogP) is 11.0. The summed E-state index contributed by atoms with van der Waals surface area (Å²) in [5.41, 5.74) is 2.92. The fraction of sp³-hybridized carbons (Fsp3) is 0.735. The molecule has 0 radical (unpaired) electrons. The molecule has 0 saturated heterocycles. The monoisotopic (exact) mass is 573 g/mol. The number of hydrogen-bond acceptors (Lipinski definition) is 2. The molecule has 0 aliphatic heterocycles. The molecule has 0 aromatic heterocycles. The van der Waals surface area contributed by atoms with Crippen molar-refractivity contribution in [2.45, 2.75) is 111 Å². The van der Waals surface area contributed by atoms with Crippen LogP contribution in [0.1, 0.15) is 105 Å². The van der Waals surface area contributed by atoms with Crippen molar-refractivity contribution in [2.75, 3.05) is 5.32 Å². The second kappa shape index (κ2) is 11.6. The molecule has 1 aromatic rings. The van der Waals surface area contributed by atoms with Gasteiger partial charge in [0.15, 0.2) is 0 Å². The topological polar surface area (TPSA) is 38.3 Å². The Hall–Kier alpha value is -1.19. The van der Waals surface area contributed by atoms with E-state index >= 15 is 0 Å². The molecule has 39 heavy (non-hydrogen) atoms. The Morgan fingerprint density at radius 3 is 2.56 bits per heavy atom. The summed E-state index contributed by atoms with van der Waals surface area (Å²) >= 11 is 12.1. The van der Waals surface area contributed by atoms with Gasteiger partial charge in [-0.25, -0.2) is 4.79 Å². The first kappa shape index (κ1) is 29.3. The molecule has 0 heterocycles. The van der Waals surface area contributed by atoms with Crippen molar-refractivity contribution in [1.82, 2.24) is 0 Å². The maximum absolute atomic E-state index is 12.7. The van der Waals surface area contributed by atoms with E-state index in [9.17, 15) is 4.79 Å². The van der Waals surface area contributed by atoms with Gasteiger partial charge in [-0.1, -0.05) is 88.7 Å². The lowest BCUT2D eigenvalue weighted by molar-refractivity contribution is -0.0577. The minimum Gasteiger partial charge on any atom is -0.446 e. The first-order chi connectivity index (χ1) is 18.5.